The lowest BCUT2D eigenvalue weighted by molar-refractivity contribution is -0.161. The Morgan fingerprint density at radius 2 is 1.89 bits per heavy atom. The molecule has 5 aromatic rings. The minimum atomic E-state index is -4.50. The van der Waals surface area contributed by atoms with Crippen molar-refractivity contribution in [2.24, 2.45) is 0 Å². The SMILES string of the molecule is COc1ccc(CNc2nccc3c2c(-c2ccc(NC(=O)Oc4cc(C5(C(F)(F)F)CC5)no4)c(F)c2)cn3C2CC2)c(OC)c1. The Morgan fingerprint density at radius 3 is 2.57 bits per heavy atom. The number of benzene rings is 2. The van der Waals surface area contributed by atoms with Crippen LogP contribution in [-0.4, -0.2) is 41.2 Å². The van der Waals surface area contributed by atoms with E-state index in [0.717, 1.165) is 40.9 Å². The molecule has 0 spiro atoms. The first-order valence-corrected chi connectivity index (χ1v) is 14.9. The summed E-state index contributed by atoms with van der Waals surface area (Å²) in [5, 5.41) is 9.93. The van der Waals surface area contributed by atoms with E-state index in [1.54, 1.807) is 32.5 Å². The molecule has 3 aromatic heterocycles. The summed E-state index contributed by atoms with van der Waals surface area (Å²) in [5.41, 5.74) is 0.472. The third-order valence-electron chi connectivity index (χ3n) is 8.61. The van der Waals surface area contributed by atoms with E-state index in [0.29, 0.717) is 35.5 Å². The van der Waals surface area contributed by atoms with Crippen LogP contribution in [0.3, 0.4) is 0 Å². The van der Waals surface area contributed by atoms with Gasteiger partial charge < -0.3 is 28.6 Å². The van der Waals surface area contributed by atoms with E-state index in [2.05, 4.69) is 25.3 Å². The average Bonchev–Trinajstić information content (AvgIpc) is 3.98. The minimum Gasteiger partial charge on any atom is -0.497 e. The standard InChI is InChI=1S/C33H29F4N5O5/c1-44-21-7-3-19(26(14-21)45-2)16-39-30-29-22(17-42(20-5-6-20)25(29)9-12-38-30)18-4-8-24(23(34)13-18)40-31(43)46-28-15-27(41-47-28)32(10-11-32)33(35,36)37/h3-4,7-9,12-15,17,20H,5-6,10-11,16H2,1-2H3,(H,38,39)(H,40,43). The molecule has 0 atom stereocenters. The second-order valence-corrected chi connectivity index (χ2v) is 11.6. The van der Waals surface area contributed by atoms with E-state index in [4.69, 9.17) is 18.7 Å². The highest BCUT2D eigenvalue weighted by atomic mass is 19.4. The zero-order chi connectivity index (χ0) is 32.9. The minimum absolute atomic E-state index is 0.128. The maximum Gasteiger partial charge on any atom is 0.419 e. The summed E-state index contributed by atoms with van der Waals surface area (Å²) in [6, 6.07) is 13.1. The number of carbonyl (C=O) groups excluding carboxylic acids is 1. The number of alkyl halides is 3. The number of amides is 1. The molecule has 0 aliphatic heterocycles. The van der Waals surface area contributed by atoms with Gasteiger partial charge in [0.1, 0.15) is 34.2 Å². The van der Waals surface area contributed by atoms with E-state index < -0.39 is 29.4 Å². The van der Waals surface area contributed by atoms with Gasteiger partial charge in [0.15, 0.2) is 0 Å². The van der Waals surface area contributed by atoms with Crippen LogP contribution < -0.4 is 24.8 Å². The van der Waals surface area contributed by atoms with Gasteiger partial charge in [-0.2, -0.15) is 13.2 Å². The number of aromatic nitrogens is 3. The molecule has 2 aliphatic carbocycles. The van der Waals surface area contributed by atoms with Crippen LogP contribution in [0.15, 0.2) is 65.4 Å². The quantitative estimate of drug-likeness (QED) is 0.146. The van der Waals surface area contributed by atoms with Crippen molar-refractivity contribution in [3.63, 3.8) is 0 Å². The first-order valence-electron chi connectivity index (χ1n) is 14.9. The first kappa shape index (κ1) is 30.4. The van der Waals surface area contributed by atoms with Crippen molar-refractivity contribution in [3.8, 4) is 28.6 Å². The van der Waals surface area contributed by atoms with Crippen LogP contribution in [0, 0.1) is 5.82 Å². The van der Waals surface area contributed by atoms with Crippen LogP contribution in [0.4, 0.5) is 33.9 Å². The van der Waals surface area contributed by atoms with E-state index in [-0.39, 0.29) is 24.2 Å². The van der Waals surface area contributed by atoms with Crippen LogP contribution in [0.1, 0.15) is 43.0 Å². The summed E-state index contributed by atoms with van der Waals surface area (Å²) in [6.45, 7) is 0.399. The van der Waals surface area contributed by atoms with Gasteiger partial charge in [-0.05, 0) is 61.6 Å². The Hall–Kier alpha value is -5.27. The van der Waals surface area contributed by atoms with Crippen molar-refractivity contribution in [2.75, 3.05) is 24.9 Å². The zero-order valence-corrected chi connectivity index (χ0v) is 25.3. The molecule has 14 heteroatoms. The van der Waals surface area contributed by atoms with Crippen molar-refractivity contribution in [3.05, 3.63) is 78.0 Å². The molecule has 0 radical (unpaired) electrons. The summed E-state index contributed by atoms with van der Waals surface area (Å²) in [6.07, 6.45) is -0.145. The van der Waals surface area contributed by atoms with Crippen molar-refractivity contribution in [2.45, 2.75) is 49.9 Å². The predicted molar refractivity (Wildman–Crippen MR) is 163 cm³/mol. The van der Waals surface area contributed by atoms with Gasteiger partial charge in [0.25, 0.3) is 0 Å². The number of ether oxygens (including phenoxy) is 3. The molecular weight excluding hydrogens is 622 g/mol. The molecule has 2 N–H and O–H groups in total. The van der Waals surface area contributed by atoms with Crippen LogP contribution >= 0.6 is 0 Å². The third kappa shape index (κ3) is 5.68. The summed E-state index contributed by atoms with van der Waals surface area (Å²) in [5.74, 6) is 0.645. The van der Waals surface area contributed by atoms with Gasteiger partial charge in [0, 0.05) is 53.6 Å². The van der Waals surface area contributed by atoms with Gasteiger partial charge in [0.2, 0.25) is 0 Å². The molecule has 3 heterocycles. The lowest BCUT2D eigenvalue weighted by atomic mass is 10.0. The zero-order valence-electron chi connectivity index (χ0n) is 25.3. The summed E-state index contributed by atoms with van der Waals surface area (Å²) >= 11 is 0. The monoisotopic (exact) mass is 651 g/mol. The number of carbonyl (C=O) groups is 1. The fourth-order valence-corrected chi connectivity index (χ4v) is 5.74. The van der Waals surface area contributed by atoms with Gasteiger partial charge in [-0.15, -0.1) is 0 Å². The Balaban J connectivity index is 1.12. The summed E-state index contributed by atoms with van der Waals surface area (Å²) < 4.78 is 78.4. The van der Waals surface area contributed by atoms with E-state index in [9.17, 15) is 18.0 Å². The highest BCUT2D eigenvalue weighted by Gasteiger charge is 2.66. The van der Waals surface area contributed by atoms with Crippen LogP contribution in [-0.2, 0) is 12.0 Å². The molecule has 2 aliphatic rings. The van der Waals surface area contributed by atoms with Crippen molar-refractivity contribution >= 4 is 28.5 Å². The van der Waals surface area contributed by atoms with Gasteiger partial charge in [-0.1, -0.05) is 11.2 Å². The molecule has 1 amide bonds. The number of rotatable bonds is 10. The van der Waals surface area contributed by atoms with Gasteiger partial charge in [0.05, 0.1) is 25.4 Å². The number of methoxy groups -OCH3 is 2. The number of pyridine rings is 1. The number of fused-ring (bicyclic) bond motifs is 1. The van der Waals surface area contributed by atoms with Crippen molar-refractivity contribution in [1.82, 2.24) is 14.7 Å². The van der Waals surface area contributed by atoms with Crippen molar-refractivity contribution in [1.29, 1.82) is 0 Å². The van der Waals surface area contributed by atoms with Crippen molar-refractivity contribution < 1.29 is 41.1 Å². The lowest BCUT2D eigenvalue weighted by Gasteiger charge is -2.15. The molecule has 0 unspecified atom stereocenters. The normalized spacial score (nSPS) is 15.4. The maximum atomic E-state index is 15.4. The van der Waals surface area contributed by atoms with Gasteiger partial charge >= 0.3 is 18.2 Å². The summed E-state index contributed by atoms with van der Waals surface area (Å²) in [7, 11) is 3.17. The smallest absolute Gasteiger partial charge is 0.419 e. The number of hydrogen-bond donors (Lipinski definition) is 2. The number of hydrogen-bond acceptors (Lipinski definition) is 8. The largest absolute Gasteiger partial charge is 0.497 e. The number of nitrogens with zero attached hydrogens (tertiary/aromatic N) is 3. The molecule has 2 saturated carbocycles. The molecule has 0 saturated heterocycles. The Labute approximate surface area is 265 Å². The number of anilines is 2. The maximum absolute atomic E-state index is 15.4. The number of nitrogens with one attached hydrogen (secondary N) is 2. The van der Waals surface area contributed by atoms with Crippen LogP contribution in [0.2, 0.25) is 0 Å². The lowest BCUT2D eigenvalue weighted by Crippen LogP contribution is -2.28. The number of halogens is 4. The molecule has 2 aromatic carbocycles. The Bertz CT molecular complexity index is 1980. The second-order valence-electron chi connectivity index (χ2n) is 11.6. The molecule has 244 valence electrons. The topological polar surface area (TPSA) is 113 Å². The molecular formula is C33H29F4N5O5. The second kappa shape index (κ2) is 11.5. The van der Waals surface area contributed by atoms with Gasteiger partial charge in [-0.25, -0.2) is 14.2 Å². The fraction of sp³-hybridized carbons (Fsp3) is 0.303. The third-order valence-corrected chi connectivity index (χ3v) is 8.61. The molecule has 7 rings (SSSR count). The van der Waals surface area contributed by atoms with Crippen LogP contribution in [0.25, 0.3) is 22.0 Å². The molecule has 0 bridgehead atoms. The Kier molecular flexibility index (Phi) is 7.44. The predicted octanol–water partition coefficient (Wildman–Crippen LogP) is 8.00. The molecule has 10 nitrogen and oxygen atoms in total. The first-order chi connectivity index (χ1) is 22.6. The van der Waals surface area contributed by atoms with E-state index in [1.807, 2.05) is 24.4 Å². The van der Waals surface area contributed by atoms with E-state index in [1.165, 1.54) is 12.1 Å². The van der Waals surface area contributed by atoms with E-state index >= 15 is 4.39 Å². The summed E-state index contributed by atoms with van der Waals surface area (Å²) in [4.78, 5) is 17.1. The molecule has 2 fully saturated rings. The molecule has 47 heavy (non-hydrogen) atoms. The highest BCUT2D eigenvalue weighted by molar-refractivity contribution is 6.03. The Morgan fingerprint density at radius 1 is 1.09 bits per heavy atom. The average molecular weight is 652 g/mol. The van der Waals surface area contributed by atoms with Crippen LogP contribution in [0.5, 0.6) is 17.4 Å². The highest BCUT2D eigenvalue weighted by Crippen LogP contribution is 2.58. The van der Waals surface area contributed by atoms with Gasteiger partial charge in [-0.3, -0.25) is 5.32 Å². The fourth-order valence-electron chi connectivity index (χ4n) is 5.74.